The molecule has 23 heavy (non-hydrogen) atoms. The summed E-state index contributed by atoms with van der Waals surface area (Å²) in [5.41, 5.74) is -0.984. The van der Waals surface area contributed by atoms with Gasteiger partial charge in [0.2, 0.25) is 5.13 Å². The summed E-state index contributed by atoms with van der Waals surface area (Å²) in [5, 5.41) is 24.4. The van der Waals surface area contributed by atoms with E-state index in [9.17, 15) is 5.11 Å². The third kappa shape index (κ3) is 3.91. The van der Waals surface area contributed by atoms with E-state index < -0.39 is 5.60 Å². The molecule has 3 heterocycles. The summed E-state index contributed by atoms with van der Waals surface area (Å²) in [5.74, 6) is 1.44. The molecule has 126 valence electrons. The van der Waals surface area contributed by atoms with Crippen molar-refractivity contribution < 1.29 is 9.52 Å². The van der Waals surface area contributed by atoms with E-state index in [1.165, 1.54) is 0 Å². The Morgan fingerprint density at radius 2 is 2.09 bits per heavy atom. The number of furan rings is 1. The second-order valence-corrected chi connectivity index (χ2v) is 7.59. The molecule has 2 aromatic rings. The number of hydrogen-bond donors (Lipinski definition) is 2. The molecule has 0 radical (unpaired) electrons. The van der Waals surface area contributed by atoms with Gasteiger partial charge in [-0.1, -0.05) is 11.3 Å². The molecular formula is C16H24N4O2S. The van der Waals surface area contributed by atoms with Crippen molar-refractivity contribution in [1.82, 2.24) is 15.5 Å². The second kappa shape index (κ2) is 6.59. The fraction of sp³-hybridized carbons (Fsp3) is 0.625. The van der Waals surface area contributed by atoms with Crippen LogP contribution in [0, 0.1) is 13.8 Å². The molecule has 1 aliphatic heterocycles. The van der Waals surface area contributed by atoms with Gasteiger partial charge in [-0.25, -0.2) is 0 Å². The highest BCUT2D eigenvalue weighted by Crippen LogP contribution is 2.25. The third-order valence-corrected chi connectivity index (χ3v) is 5.19. The fourth-order valence-electron chi connectivity index (χ4n) is 2.84. The Kier molecular flexibility index (Phi) is 4.70. The first-order valence-corrected chi connectivity index (χ1v) is 8.83. The molecule has 0 spiro atoms. The molecule has 6 nitrogen and oxygen atoms in total. The number of piperidine rings is 1. The van der Waals surface area contributed by atoms with Gasteiger partial charge in [-0.2, -0.15) is 0 Å². The topological polar surface area (TPSA) is 74.4 Å². The summed E-state index contributed by atoms with van der Waals surface area (Å²) >= 11 is 1.64. The van der Waals surface area contributed by atoms with Crippen LogP contribution in [0.15, 0.2) is 16.5 Å². The van der Waals surface area contributed by atoms with Gasteiger partial charge in [0.15, 0.2) is 0 Å². The van der Waals surface area contributed by atoms with E-state index in [1.807, 2.05) is 26.0 Å². The van der Waals surface area contributed by atoms with E-state index in [2.05, 4.69) is 20.4 Å². The molecular weight excluding hydrogens is 312 g/mol. The number of rotatable bonds is 5. The van der Waals surface area contributed by atoms with Crippen LogP contribution in [0.2, 0.25) is 0 Å². The van der Waals surface area contributed by atoms with Crippen LogP contribution >= 0.6 is 11.3 Å². The lowest BCUT2D eigenvalue weighted by Gasteiger charge is -2.33. The van der Waals surface area contributed by atoms with Gasteiger partial charge in [-0.05, 0) is 45.7 Å². The molecule has 0 aromatic carbocycles. The normalized spacial score (nSPS) is 19.0. The Morgan fingerprint density at radius 1 is 1.35 bits per heavy atom. The van der Waals surface area contributed by atoms with Gasteiger partial charge in [0.05, 0.1) is 0 Å². The van der Waals surface area contributed by atoms with Crippen LogP contribution in [0.25, 0.3) is 0 Å². The smallest absolute Gasteiger partial charge is 0.208 e. The van der Waals surface area contributed by atoms with Crippen molar-refractivity contribution in [2.75, 3.05) is 24.5 Å². The molecule has 2 N–H and O–H groups in total. The van der Waals surface area contributed by atoms with Crippen LogP contribution < -0.4 is 10.2 Å². The Labute approximate surface area is 140 Å². The first-order chi connectivity index (χ1) is 10.9. The summed E-state index contributed by atoms with van der Waals surface area (Å²) in [4.78, 5) is 2.29. The number of aromatic nitrogens is 2. The standard InChI is InChI=1S/C16H24N4O2S/c1-11-4-5-14(22-11)16(3,21)10-17-13-6-8-20(9-7-13)15-19-18-12(2)23-15/h4-5,13,17,21H,6-10H2,1-3H3/t16-/m1/s1. The number of anilines is 1. The van der Waals surface area contributed by atoms with Crippen molar-refractivity contribution in [2.45, 2.75) is 45.3 Å². The third-order valence-electron chi connectivity index (χ3n) is 4.29. The van der Waals surface area contributed by atoms with Gasteiger partial charge in [0, 0.05) is 25.7 Å². The first kappa shape index (κ1) is 16.4. The molecule has 1 saturated heterocycles. The number of aryl methyl sites for hydroxylation is 2. The van der Waals surface area contributed by atoms with Crippen molar-refractivity contribution in [3.63, 3.8) is 0 Å². The predicted molar refractivity (Wildman–Crippen MR) is 90.9 cm³/mol. The lowest BCUT2D eigenvalue weighted by molar-refractivity contribution is 0.0300. The molecule has 0 saturated carbocycles. The molecule has 0 aliphatic carbocycles. The fourth-order valence-corrected chi connectivity index (χ4v) is 3.58. The number of hydrogen-bond acceptors (Lipinski definition) is 7. The predicted octanol–water partition coefficient (Wildman–Crippen LogP) is 2.21. The maximum atomic E-state index is 10.6. The maximum absolute atomic E-state index is 10.6. The summed E-state index contributed by atoms with van der Waals surface area (Å²) in [6, 6.07) is 4.13. The number of nitrogens with zero attached hydrogens (tertiary/aromatic N) is 3. The van der Waals surface area contributed by atoms with E-state index >= 15 is 0 Å². The van der Waals surface area contributed by atoms with Crippen LogP contribution in [0.4, 0.5) is 5.13 Å². The second-order valence-electron chi connectivity index (χ2n) is 6.43. The van der Waals surface area contributed by atoms with Crippen LogP contribution in [0.5, 0.6) is 0 Å². The minimum absolute atomic E-state index is 0.405. The molecule has 0 unspecified atom stereocenters. The van der Waals surface area contributed by atoms with Crippen molar-refractivity contribution >= 4 is 16.5 Å². The van der Waals surface area contributed by atoms with Gasteiger partial charge in [-0.15, -0.1) is 10.2 Å². The van der Waals surface area contributed by atoms with Gasteiger partial charge < -0.3 is 19.7 Å². The summed E-state index contributed by atoms with van der Waals surface area (Å²) in [6.45, 7) is 8.08. The maximum Gasteiger partial charge on any atom is 0.208 e. The quantitative estimate of drug-likeness (QED) is 0.872. The van der Waals surface area contributed by atoms with Crippen molar-refractivity contribution in [2.24, 2.45) is 0 Å². The van der Waals surface area contributed by atoms with Crippen LogP contribution in [-0.4, -0.2) is 41.0 Å². The lowest BCUT2D eigenvalue weighted by atomic mass is 10.0. The summed E-state index contributed by atoms with van der Waals surface area (Å²) in [6.07, 6.45) is 2.07. The summed E-state index contributed by atoms with van der Waals surface area (Å²) < 4.78 is 5.55. The SMILES string of the molecule is Cc1ccc([C@](C)(O)CNC2CCN(c3nnc(C)s3)CC2)o1. The molecule has 0 bridgehead atoms. The molecule has 3 rings (SSSR count). The minimum Gasteiger partial charge on any atom is -0.463 e. The van der Waals surface area contributed by atoms with Gasteiger partial charge in [0.1, 0.15) is 22.1 Å². The Morgan fingerprint density at radius 3 is 2.65 bits per heavy atom. The summed E-state index contributed by atoms with van der Waals surface area (Å²) in [7, 11) is 0. The van der Waals surface area contributed by atoms with Crippen molar-refractivity contribution in [3.8, 4) is 0 Å². The zero-order valence-corrected chi connectivity index (χ0v) is 14.7. The number of aliphatic hydroxyl groups is 1. The average molecular weight is 336 g/mol. The van der Waals surface area contributed by atoms with Crippen molar-refractivity contribution in [1.29, 1.82) is 0 Å². The van der Waals surface area contributed by atoms with Crippen LogP contribution in [0.3, 0.4) is 0 Å². The van der Waals surface area contributed by atoms with E-state index in [1.54, 1.807) is 18.3 Å². The molecule has 1 aliphatic rings. The highest BCUT2D eigenvalue weighted by molar-refractivity contribution is 7.15. The van der Waals surface area contributed by atoms with Gasteiger partial charge in [-0.3, -0.25) is 0 Å². The molecule has 1 fully saturated rings. The van der Waals surface area contributed by atoms with Gasteiger partial charge >= 0.3 is 0 Å². The van der Waals surface area contributed by atoms with Gasteiger partial charge in [0.25, 0.3) is 0 Å². The highest BCUT2D eigenvalue weighted by atomic mass is 32.1. The molecule has 0 amide bonds. The van der Waals surface area contributed by atoms with E-state index in [-0.39, 0.29) is 0 Å². The highest BCUT2D eigenvalue weighted by Gasteiger charge is 2.29. The first-order valence-electron chi connectivity index (χ1n) is 8.02. The monoisotopic (exact) mass is 336 g/mol. The Bertz CT molecular complexity index is 644. The van der Waals surface area contributed by atoms with Crippen LogP contribution in [0.1, 0.15) is 36.3 Å². The lowest BCUT2D eigenvalue weighted by Crippen LogP contribution is -2.46. The van der Waals surface area contributed by atoms with E-state index in [0.717, 1.165) is 41.8 Å². The Balaban J connectivity index is 1.49. The minimum atomic E-state index is -0.984. The van der Waals surface area contributed by atoms with Crippen molar-refractivity contribution in [3.05, 3.63) is 28.7 Å². The molecule has 2 aromatic heterocycles. The zero-order chi connectivity index (χ0) is 16.4. The molecule has 7 heteroatoms. The van der Waals surface area contributed by atoms with Crippen LogP contribution in [-0.2, 0) is 5.60 Å². The largest absolute Gasteiger partial charge is 0.463 e. The van der Waals surface area contributed by atoms with E-state index in [0.29, 0.717) is 18.3 Å². The molecule has 1 atom stereocenters. The zero-order valence-electron chi connectivity index (χ0n) is 13.9. The Hall–Kier alpha value is -1.44. The average Bonchev–Trinajstić information content (AvgIpc) is 3.15. The van der Waals surface area contributed by atoms with E-state index in [4.69, 9.17) is 4.42 Å². The number of nitrogens with one attached hydrogen (secondary N) is 1.